The Bertz CT molecular complexity index is 622. The average Bonchev–Trinajstić information content (AvgIpc) is 2.80. The minimum atomic E-state index is 0.828. The molecule has 2 heterocycles. The van der Waals surface area contributed by atoms with Crippen LogP contribution in [0.5, 0.6) is 0 Å². The Balaban J connectivity index is 1.92. The van der Waals surface area contributed by atoms with Crippen molar-refractivity contribution >= 4 is 11.5 Å². The number of nitrogens with two attached hydrogens (primary N) is 1. The molecule has 98 valence electrons. The molecule has 0 saturated heterocycles. The van der Waals surface area contributed by atoms with Crippen molar-refractivity contribution in [2.75, 3.05) is 10.6 Å². The van der Waals surface area contributed by atoms with Crippen LogP contribution in [-0.4, -0.2) is 9.97 Å². The summed E-state index contributed by atoms with van der Waals surface area (Å²) in [7, 11) is 0. The molecule has 0 atom stereocenters. The average molecular weight is 254 g/mol. The Morgan fingerprint density at radius 1 is 1.16 bits per heavy atom. The summed E-state index contributed by atoms with van der Waals surface area (Å²) in [4.78, 5) is 11.3. The molecule has 0 amide bonds. The second kappa shape index (κ2) is 4.53. The molecule has 4 heteroatoms. The topological polar surface area (TPSA) is 55.0 Å². The van der Waals surface area contributed by atoms with E-state index in [-0.39, 0.29) is 0 Å². The fourth-order valence-corrected chi connectivity index (χ4v) is 2.53. The number of rotatable bonds is 2. The van der Waals surface area contributed by atoms with Crippen LogP contribution in [0.4, 0.5) is 11.5 Å². The first kappa shape index (κ1) is 12.0. The lowest BCUT2D eigenvalue weighted by molar-refractivity contribution is 0.830. The summed E-state index contributed by atoms with van der Waals surface area (Å²) in [6.45, 7) is 5.84. The Kier molecular flexibility index (Phi) is 2.85. The summed E-state index contributed by atoms with van der Waals surface area (Å²) in [6, 6.07) is 8.22. The number of hydrogen-bond donors (Lipinski definition) is 1. The molecule has 1 aromatic carbocycles. The highest BCUT2D eigenvalue weighted by molar-refractivity contribution is 5.52. The molecule has 0 radical (unpaired) electrons. The van der Waals surface area contributed by atoms with E-state index in [0.29, 0.717) is 0 Å². The van der Waals surface area contributed by atoms with Gasteiger partial charge in [-0.1, -0.05) is 13.0 Å². The molecule has 0 aliphatic carbocycles. The number of hydrogen-bond acceptors (Lipinski definition) is 4. The van der Waals surface area contributed by atoms with Gasteiger partial charge in [-0.25, -0.2) is 9.97 Å². The molecule has 0 fully saturated rings. The molecule has 2 aromatic rings. The number of nitrogen functional groups attached to an aromatic ring is 1. The molecular weight excluding hydrogens is 236 g/mol. The van der Waals surface area contributed by atoms with Gasteiger partial charge in [0.2, 0.25) is 0 Å². The number of aryl methyl sites for hydroxylation is 2. The van der Waals surface area contributed by atoms with Gasteiger partial charge < -0.3 is 10.6 Å². The molecular formula is C15H18N4. The van der Waals surface area contributed by atoms with Crippen LogP contribution in [0.2, 0.25) is 0 Å². The van der Waals surface area contributed by atoms with E-state index in [0.717, 1.165) is 42.5 Å². The zero-order chi connectivity index (χ0) is 13.4. The minimum absolute atomic E-state index is 0.828. The lowest BCUT2D eigenvalue weighted by Crippen LogP contribution is -2.17. The maximum atomic E-state index is 5.84. The number of aromatic nitrogens is 2. The fraction of sp³-hybridized carbons (Fsp3) is 0.333. The highest BCUT2D eigenvalue weighted by Crippen LogP contribution is 2.28. The predicted molar refractivity (Wildman–Crippen MR) is 76.9 cm³/mol. The lowest BCUT2D eigenvalue weighted by Gasteiger charge is -2.17. The molecule has 19 heavy (non-hydrogen) atoms. The third-order valence-electron chi connectivity index (χ3n) is 3.52. The van der Waals surface area contributed by atoms with E-state index in [1.54, 1.807) is 0 Å². The van der Waals surface area contributed by atoms with E-state index in [1.165, 1.54) is 11.1 Å². The van der Waals surface area contributed by atoms with Gasteiger partial charge in [0.1, 0.15) is 11.6 Å². The van der Waals surface area contributed by atoms with Gasteiger partial charge in [0.05, 0.1) is 0 Å². The van der Waals surface area contributed by atoms with Gasteiger partial charge in [0.15, 0.2) is 0 Å². The van der Waals surface area contributed by atoms with Crippen molar-refractivity contribution in [2.24, 2.45) is 0 Å². The number of benzene rings is 1. The van der Waals surface area contributed by atoms with Crippen molar-refractivity contribution in [3.05, 3.63) is 46.9 Å². The van der Waals surface area contributed by atoms with Crippen molar-refractivity contribution in [1.82, 2.24) is 9.97 Å². The summed E-state index contributed by atoms with van der Waals surface area (Å²) in [6.07, 6.45) is 0.935. The standard InChI is InChI=1S/C15H18N4/c1-3-14-7-15(18-10(2)17-14)19-8-11-4-5-13(16)6-12(11)9-19/h4-7H,3,8-9,16H2,1-2H3. The van der Waals surface area contributed by atoms with Crippen molar-refractivity contribution in [2.45, 2.75) is 33.4 Å². The van der Waals surface area contributed by atoms with E-state index < -0.39 is 0 Å². The van der Waals surface area contributed by atoms with E-state index >= 15 is 0 Å². The molecule has 1 aromatic heterocycles. The first-order chi connectivity index (χ1) is 9.15. The maximum Gasteiger partial charge on any atom is 0.133 e. The van der Waals surface area contributed by atoms with Gasteiger partial charge in [-0.05, 0) is 36.6 Å². The predicted octanol–water partition coefficient (Wildman–Crippen LogP) is 2.45. The van der Waals surface area contributed by atoms with Gasteiger partial charge in [-0.2, -0.15) is 0 Å². The van der Waals surface area contributed by atoms with Crippen molar-refractivity contribution in [3.8, 4) is 0 Å². The van der Waals surface area contributed by atoms with Crippen LogP contribution in [0.25, 0.3) is 0 Å². The van der Waals surface area contributed by atoms with E-state index in [9.17, 15) is 0 Å². The first-order valence-corrected chi connectivity index (χ1v) is 6.62. The fourth-order valence-electron chi connectivity index (χ4n) is 2.53. The van der Waals surface area contributed by atoms with Crippen LogP contribution < -0.4 is 10.6 Å². The second-order valence-electron chi connectivity index (χ2n) is 5.00. The monoisotopic (exact) mass is 254 g/mol. The molecule has 1 aliphatic heterocycles. The van der Waals surface area contributed by atoms with Crippen molar-refractivity contribution < 1.29 is 0 Å². The normalized spacial score (nSPS) is 13.7. The smallest absolute Gasteiger partial charge is 0.133 e. The van der Waals surface area contributed by atoms with Gasteiger partial charge in [-0.3, -0.25) is 0 Å². The zero-order valence-corrected chi connectivity index (χ0v) is 11.3. The zero-order valence-electron chi connectivity index (χ0n) is 11.3. The summed E-state index contributed by atoms with van der Waals surface area (Å²) in [5.74, 6) is 1.85. The molecule has 0 spiro atoms. The summed E-state index contributed by atoms with van der Waals surface area (Å²) in [5, 5.41) is 0. The molecule has 4 nitrogen and oxygen atoms in total. The second-order valence-corrected chi connectivity index (χ2v) is 5.00. The Morgan fingerprint density at radius 3 is 2.74 bits per heavy atom. The largest absolute Gasteiger partial charge is 0.399 e. The quantitative estimate of drug-likeness (QED) is 0.836. The highest BCUT2D eigenvalue weighted by Gasteiger charge is 2.20. The van der Waals surface area contributed by atoms with Crippen LogP contribution in [0.1, 0.15) is 29.6 Å². The molecule has 3 rings (SSSR count). The van der Waals surface area contributed by atoms with E-state index in [1.807, 2.05) is 13.0 Å². The third kappa shape index (κ3) is 2.26. The van der Waals surface area contributed by atoms with Crippen LogP contribution in [0.15, 0.2) is 24.3 Å². The summed E-state index contributed by atoms with van der Waals surface area (Å²) >= 11 is 0. The van der Waals surface area contributed by atoms with Gasteiger partial charge in [0.25, 0.3) is 0 Å². The van der Waals surface area contributed by atoms with Crippen LogP contribution in [-0.2, 0) is 19.5 Å². The van der Waals surface area contributed by atoms with E-state index in [2.05, 4.69) is 40.0 Å². The molecule has 0 bridgehead atoms. The minimum Gasteiger partial charge on any atom is -0.399 e. The Morgan fingerprint density at radius 2 is 1.95 bits per heavy atom. The van der Waals surface area contributed by atoms with Crippen LogP contribution in [0, 0.1) is 6.92 Å². The number of anilines is 2. The SMILES string of the molecule is CCc1cc(N2Cc3ccc(N)cc3C2)nc(C)n1. The lowest BCUT2D eigenvalue weighted by atomic mass is 10.1. The summed E-state index contributed by atoms with van der Waals surface area (Å²) < 4.78 is 0. The first-order valence-electron chi connectivity index (χ1n) is 6.62. The Hall–Kier alpha value is -2.10. The van der Waals surface area contributed by atoms with Crippen LogP contribution >= 0.6 is 0 Å². The Labute approximate surface area is 113 Å². The molecule has 1 aliphatic rings. The molecule has 0 unspecified atom stereocenters. The van der Waals surface area contributed by atoms with E-state index in [4.69, 9.17) is 5.73 Å². The molecule has 0 saturated carbocycles. The van der Waals surface area contributed by atoms with Gasteiger partial charge in [0, 0.05) is 30.5 Å². The van der Waals surface area contributed by atoms with Crippen molar-refractivity contribution in [1.29, 1.82) is 0 Å². The number of fused-ring (bicyclic) bond motifs is 1. The number of nitrogens with zero attached hydrogens (tertiary/aromatic N) is 3. The van der Waals surface area contributed by atoms with Crippen LogP contribution in [0.3, 0.4) is 0 Å². The third-order valence-corrected chi connectivity index (χ3v) is 3.52. The van der Waals surface area contributed by atoms with Crippen molar-refractivity contribution in [3.63, 3.8) is 0 Å². The maximum absolute atomic E-state index is 5.84. The molecule has 2 N–H and O–H groups in total. The highest BCUT2D eigenvalue weighted by atomic mass is 15.2. The summed E-state index contributed by atoms with van der Waals surface area (Å²) in [5.41, 5.74) is 10.4. The van der Waals surface area contributed by atoms with Gasteiger partial charge in [-0.15, -0.1) is 0 Å². The van der Waals surface area contributed by atoms with Gasteiger partial charge >= 0.3 is 0 Å².